The van der Waals surface area contributed by atoms with Crippen molar-refractivity contribution in [3.63, 3.8) is 0 Å². The molecule has 1 unspecified atom stereocenters. The van der Waals surface area contributed by atoms with Gasteiger partial charge in [-0.2, -0.15) is 0 Å². The second-order valence-electron chi connectivity index (χ2n) is 6.11. The second-order valence-corrected chi connectivity index (χ2v) is 6.11. The third kappa shape index (κ3) is 5.31. The fraction of sp³-hybridized carbons (Fsp3) is 0.333. The van der Waals surface area contributed by atoms with Gasteiger partial charge in [-0.05, 0) is 62.2 Å². The molecule has 1 aliphatic rings. The van der Waals surface area contributed by atoms with Gasteiger partial charge in [-0.15, -0.1) is 0 Å². The van der Waals surface area contributed by atoms with Crippen LogP contribution in [-0.2, 0) is 9.47 Å². The Morgan fingerprint density at radius 3 is 2.56 bits per heavy atom. The lowest BCUT2D eigenvalue weighted by atomic mass is 10.2. The zero-order chi connectivity index (χ0) is 19.1. The van der Waals surface area contributed by atoms with Crippen molar-refractivity contribution >= 4 is 11.9 Å². The zero-order valence-corrected chi connectivity index (χ0v) is 15.2. The second kappa shape index (κ2) is 9.19. The molecule has 2 aromatic rings. The first-order chi connectivity index (χ1) is 13.2. The average Bonchev–Trinajstić information content (AvgIpc) is 3.21. The van der Waals surface area contributed by atoms with Gasteiger partial charge in [0.05, 0.1) is 23.8 Å². The number of carbonyl (C=O) groups is 2. The molecule has 1 saturated heterocycles. The van der Waals surface area contributed by atoms with Crippen molar-refractivity contribution in [3.05, 3.63) is 59.7 Å². The van der Waals surface area contributed by atoms with Gasteiger partial charge in [0.2, 0.25) is 0 Å². The quantitative estimate of drug-likeness (QED) is 0.547. The van der Waals surface area contributed by atoms with Crippen molar-refractivity contribution < 1.29 is 28.5 Å². The summed E-state index contributed by atoms with van der Waals surface area (Å²) in [5, 5.41) is 0. The number of ether oxygens (including phenoxy) is 4. The van der Waals surface area contributed by atoms with Crippen molar-refractivity contribution in [2.45, 2.75) is 25.9 Å². The first-order valence-electron chi connectivity index (χ1n) is 8.99. The van der Waals surface area contributed by atoms with Crippen molar-refractivity contribution in [1.29, 1.82) is 0 Å². The van der Waals surface area contributed by atoms with Gasteiger partial charge in [0.1, 0.15) is 18.1 Å². The van der Waals surface area contributed by atoms with Gasteiger partial charge in [0.15, 0.2) is 0 Å². The van der Waals surface area contributed by atoms with E-state index < -0.39 is 11.9 Å². The van der Waals surface area contributed by atoms with Crippen LogP contribution in [0.3, 0.4) is 0 Å². The van der Waals surface area contributed by atoms with E-state index in [0.717, 1.165) is 12.8 Å². The predicted octanol–water partition coefficient (Wildman–Crippen LogP) is 3.64. The van der Waals surface area contributed by atoms with Gasteiger partial charge in [0.25, 0.3) is 0 Å². The summed E-state index contributed by atoms with van der Waals surface area (Å²) in [6.07, 6.45) is 1.85. The van der Waals surface area contributed by atoms with Gasteiger partial charge in [-0.3, -0.25) is 0 Å². The molecule has 6 heteroatoms. The largest absolute Gasteiger partial charge is 0.494 e. The number of carbonyl (C=O) groups excluding carboxylic acids is 2. The van der Waals surface area contributed by atoms with E-state index in [2.05, 4.69) is 0 Å². The maximum Gasteiger partial charge on any atom is 0.343 e. The first-order valence-corrected chi connectivity index (χ1v) is 8.99. The van der Waals surface area contributed by atoms with Crippen molar-refractivity contribution in [1.82, 2.24) is 0 Å². The van der Waals surface area contributed by atoms with E-state index in [0.29, 0.717) is 30.1 Å². The van der Waals surface area contributed by atoms with Crippen LogP contribution in [0.1, 0.15) is 40.5 Å². The summed E-state index contributed by atoms with van der Waals surface area (Å²) < 4.78 is 21.4. The van der Waals surface area contributed by atoms with Gasteiger partial charge < -0.3 is 18.9 Å². The molecule has 1 heterocycles. The molecular formula is C21H22O6. The van der Waals surface area contributed by atoms with E-state index in [9.17, 15) is 9.59 Å². The number of benzene rings is 2. The highest BCUT2D eigenvalue weighted by Gasteiger charge is 2.18. The Kier molecular flexibility index (Phi) is 6.44. The van der Waals surface area contributed by atoms with E-state index in [1.807, 2.05) is 6.92 Å². The molecule has 0 spiro atoms. The van der Waals surface area contributed by atoms with Crippen molar-refractivity contribution in [2.24, 2.45) is 0 Å². The van der Waals surface area contributed by atoms with E-state index in [-0.39, 0.29) is 18.5 Å². The van der Waals surface area contributed by atoms with Crippen LogP contribution in [0.4, 0.5) is 0 Å². The third-order valence-electron chi connectivity index (χ3n) is 4.11. The van der Waals surface area contributed by atoms with E-state index in [1.54, 1.807) is 42.5 Å². The number of esters is 2. The van der Waals surface area contributed by atoms with Crippen LogP contribution in [-0.4, -0.2) is 37.9 Å². The highest BCUT2D eigenvalue weighted by atomic mass is 16.6. The zero-order valence-electron chi connectivity index (χ0n) is 15.2. The third-order valence-corrected chi connectivity index (χ3v) is 4.11. The Bertz CT molecular complexity index is 778. The maximum atomic E-state index is 12.3. The first kappa shape index (κ1) is 18.9. The molecule has 0 radical (unpaired) electrons. The lowest BCUT2D eigenvalue weighted by Gasteiger charge is -2.11. The van der Waals surface area contributed by atoms with Crippen LogP contribution in [0.5, 0.6) is 11.5 Å². The van der Waals surface area contributed by atoms with Crippen LogP contribution in [0.25, 0.3) is 0 Å². The Morgan fingerprint density at radius 2 is 1.85 bits per heavy atom. The molecule has 27 heavy (non-hydrogen) atoms. The van der Waals surface area contributed by atoms with Gasteiger partial charge >= 0.3 is 11.9 Å². The molecule has 2 aromatic carbocycles. The molecule has 3 rings (SSSR count). The predicted molar refractivity (Wildman–Crippen MR) is 98.3 cm³/mol. The fourth-order valence-electron chi connectivity index (χ4n) is 2.73. The lowest BCUT2D eigenvalue weighted by molar-refractivity contribution is 0.0161. The summed E-state index contributed by atoms with van der Waals surface area (Å²) in [7, 11) is 0. The summed E-state index contributed by atoms with van der Waals surface area (Å²) in [5.41, 5.74) is 0.717. The average molecular weight is 370 g/mol. The fourth-order valence-corrected chi connectivity index (χ4v) is 2.73. The molecule has 0 N–H and O–H groups in total. The maximum absolute atomic E-state index is 12.3. The minimum absolute atomic E-state index is 0.0328. The van der Waals surface area contributed by atoms with Crippen LogP contribution in [0.15, 0.2) is 48.5 Å². The smallest absolute Gasteiger partial charge is 0.343 e. The van der Waals surface area contributed by atoms with Crippen molar-refractivity contribution in [2.75, 3.05) is 19.8 Å². The topological polar surface area (TPSA) is 71.1 Å². The Morgan fingerprint density at radius 1 is 1.04 bits per heavy atom. The van der Waals surface area contributed by atoms with Crippen LogP contribution in [0.2, 0.25) is 0 Å². The van der Waals surface area contributed by atoms with E-state index in [1.165, 1.54) is 6.07 Å². The van der Waals surface area contributed by atoms with Crippen molar-refractivity contribution in [3.8, 4) is 11.5 Å². The molecule has 1 atom stereocenters. The monoisotopic (exact) mass is 370 g/mol. The van der Waals surface area contributed by atoms with E-state index in [4.69, 9.17) is 18.9 Å². The molecule has 1 aliphatic heterocycles. The summed E-state index contributed by atoms with van der Waals surface area (Å²) in [5.74, 6) is -0.0159. The summed E-state index contributed by atoms with van der Waals surface area (Å²) in [6.45, 7) is 3.38. The Balaban J connectivity index is 1.59. The molecule has 0 saturated carbocycles. The van der Waals surface area contributed by atoms with Crippen LogP contribution < -0.4 is 9.47 Å². The van der Waals surface area contributed by atoms with E-state index >= 15 is 0 Å². The molecule has 0 aliphatic carbocycles. The molecule has 1 fully saturated rings. The number of hydrogen-bond acceptors (Lipinski definition) is 6. The van der Waals surface area contributed by atoms with Gasteiger partial charge in [0, 0.05) is 6.61 Å². The normalized spacial score (nSPS) is 16.0. The summed E-state index contributed by atoms with van der Waals surface area (Å²) >= 11 is 0. The lowest BCUT2D eigenvalue weighted by Crippen LogP contribution is -2.18. The molecule has 0 aromatic heterocycles. The van der Waals surface area contributed by atoms with Crippen LogP contribution >= 0.6 is 0 Å². The highest BCUT2D eigenvalue weighted by molar-refractivity contribution is 5.92. The summed E-state index contributed by atoms with van der Waals surface area (Å²) in [4.78, 5) is 24.4. The summed E-state index contributed by atoms with van der Waals surface area (Å²) in [6, 6.07) is 13.0. The highest BCUT2D eigenvalue weighted by Crippen LogP contribution is 2.19. The number of hydrogen-bond donors (Lipinski definition) is 0. The SMILES string of the molecule is CCOc1ccc(C(=O)Oc2cccc(C(=O)OCC3CCCO3)c2)cc1. The molecule has 0 bridgehead atoms. The molecule has 142 valence electrons. The minimum atomic E-state index is -0.511. The molecular weight excluding hydrogens is 348 g/mol. The molecule has 0 amide bonds. The van der Waals surface area contributed by atoms with Gasteiger partial charge in [-0.25, -0.2) is 9.59 Å². The minimum Gasteiger partial charge on any atom is -0.494 e. The number of rotatable bonds is 7. The Hall–Kier alpha value is -2.86. The molecule has 6 nitrogen and oxygen atoms in total. The van der Waals surface area contributed by atoms with Crippen LogP contribution in [0, 0.1) is 0 Å². The van der Waals surface area contributed by atoms with Gasteiger partial charge in [-0.1, -0.05) is 6.07 Å². The Labute approximate surface area is 158 Å². The standard InChI is InChI=1S/C21H22O6/c1-2-24-17-10-8-15(9-11-17)21(23)27-18-6-3-5-16(13-18)20(22)26-14-19-7-4-12-25-19/h3,5-6,8-11,13,19H,2,4,7,12,14H2,1H3.